The predicted octanol–water partition coefficient (Wildman–Crippen LogP) is 4.15. The van der Waals surface area contributed by atoms with Gasteiger partial charge in [-0.15, -0.1) is 24.0 Å². The quantitative estimate of drug-likeness (QED) is 0.191. The van der Waals surface area contributed by atoms with Crippen molar-refractivity contribution in [3.63, 3.8) is 0 Å². The molecule has 0 saturated heterocycles. The topological polar surface area (TPSA) is 64.1 Å². The van der Waals surface area contributed by atoms with E-state index >= 15 is 0 Å². The molecule has 6 nitrogen and oxygen atoms in total. The number of aryl methyl sites for hydroxylation is 1. The summed E-state index contributed by atoms with van der Waals surface area (Å²) >= 11 is 0. The number of guanidine groups is 1. The van der Waals surface area contributed by atoms with Crippen molar-refractivity contribution in [3.8, 4) is 11.5 Å². The molecule has 0 aromatic heterocycles. The average Bonchev–Trinajstić information content (AvgIpc) is 2.74. The second kappa shape index (κ2) is 14.8. The minimum Gasteiger partial charge on any atom is -0.491 e. The van der Waals surface area contributed by atoms with Gasteiger partial charge in [0.1, 0.15) is 24.7 Å². The van der Waals surface area contributed by atoms with Crippen LogP contribution in [0.3, 0.4) is 0 Å². The van der Waals surface area contributed by atoms with Gasteiger partial charge in [0.05, 0.1) is 6.61 Å². The van der Waals surface area contributed by atoms with Crippen molar-refractivity contribution in [2.45, 2.75) is 26.4 Å². The van der Waals surface area contributed by atoms with Crippen molar-refractivity contribution in [3.05, 3.63) is 59.2 Å². The summed E-state index contributed by atoms with van der Waals surface area (Å²) in [7, 11) is 3.32. The molecule has 0 amide bonds. The third kappa shape index (κ3) is 10.1. The highest BCUT2D eigenvalue weighted by molar-refractivity contribution is 14.0. The third-order valence-corrected chi connectivity index (χ3v) is 4.17. The summed E-state index contributed by atoms with van der Waals surface area (Å²) in [5.74, 6) is 1.83. The molecule has 0 fully saturated rings. The molecule has 0 aliphatic heterocycles. The van der Waals surface area contributed by atoms with Crippen LogP contribution in [0.25, 0.3) is 0 Å². The van der Waals surface area contributed by atoms with Crippen LogP contribution in [0.4, 0.5) is 8.78 Å². The normalized spacial score (nSPS) is 11.1. The maximum Gasteiger partial charge on any atom is 0.272 e. The Morgan fingerprint density at radius 3 is 2.52 bits per heavy atom. The van der Waals surface area contributed by atoms with E-state index in [1.807, 2.05) is 31.2 Å². The molecule has 31 heavy (non-hydrogen) atoms. The van der Waals surface area contributed by atoms with Gasteiger partial charge in [0, 0.05) is 32.8 Å². The van der Waals surface area contributed by atoms with Crippen LogP contribution >= 0.6 is 24.0 Å². The lowest BCUT2D eigenvalue weighted by Crippen LogP contribution is -2.36. The van der Waals surface area contributed by atoms with E-state index in [1.165, 1.54) is 0 Å². The zero-order valence-electron chi connectivity index (χ0n) is 18.0. The van der Waals surface area contributed by atoms with E-state index in [9.17, 15) is 8.78 Å². The molecule has 172 valence electrons. The van der Waals surface area contributed by atoms with E-state index in [0.29, 0.717) is 38.0 Å². The summed E-state index contributed by atoms with van der Waals surface area (Å²) in [6.45, 7) is 3.38. The number of benzene rings is 2. The first-order valence-electron chi connectivity index (χ1n) is 9.67. The number of hydrogen-bond acceptors (Lipinski definition) is 4. The van der Waals surface area contributed by atoms with E-state index in [2.05, 4.69) is 15.6 Å². The van der Waals surface area contributed by atoms with Crippen LogP contribution in [0, 0.1) is 6.92 Å². The van der Waals surface area contributed by atoms with E-state index < -0.39 is 13.0 Å². The number of methoxy groups -OCH3 is 1. The van der Waals surface area contributed by atoms with E-state index in [0.717, 1.165) is 22.4 Å². The van der Waals surface area contributed by atoms with Gasteiger partial charge in [-0.1, -0.05) is 24.3 Å². The Morgan fingerprint density at radius 1 is 1.03 bits per heavy atom. The maximum absolute atomic E-state index is 12.3. The molecule has 0 saturated carbocycles. The lowest BCUT2D eigenvalue weighted by Gasteiger charge is -2.16. The van der Waals surface area contributed by atoms with Gasteiger partial charge in [-0.05, 0) is 36.2 Å². The fourth-order valence-corrected chi connectivity index (χ4v) is 2.67. The fraction of sp³-hybridized carbons (Fsp3) is 0.409. The Kier molecular flexibility index (Phi) is 12.8. The van der Waals surface area contributed by atoms with Gasteiger partial charge in [0.2, 0.25) is 0 Å². The molecular weight excluding hydrogens is 519 g/mol. The zero-order chi connectivity index (χ0) is 21.8. The maximum atomic E-state index is 12.3. The lowest BCUT2D eigenvalue weighted by atomic mass is 10.1. The summed E-state index contributed by atoms with van der Waals surface area (Å²) < 4.78 is 40.5. The van der Waals surface area contributed by atoms with Gasteiger partial charge in [-0.2, -0.15) is 0 Å². The first-order chi connectivity index (χ1) is 14.5. The van der Waals surface area contributed by atoms with Gasteiger partial charge in [-0.3, -0.25) is 4.99 Å². The molecule has 2 rings (SSSR count). The summed E-state index contributed by atoms with van der Waals surface area (Å²) in [5.41, 5.74) is 3.01. The van der Waals surface area contributed by atoms with Gasteiger partial charge in [0.25, 0.3) is 6.43 Å². The molecule has 0 aliphatic carbocycles. The first-order valence-corrected chi connectivity index (χ1v) is 9.67. The third-order valence-electron chi connectivity index (χ3n) is 4.17. The number of nitrogens with zero attached hydrogens (tertiary/aromatic N) is 1. The van der Waals surface area contributed by atoms with Crippen LogP contribution in [0.15, 0.2) is 47.5 Å². The smallest absolute Gasteiger partial charge is 0.272 e. The van der Waals surface area contributed by atoms with Gasteiger partial charge >= 0.3 is 0 Å². The highest BCUT2D eigenvalue weighted by Crippen LogP contribution is 2.20. The van der Waals surface area contributed by atoms with Crippen molar-refractivity contribution in [2.75, 3.05) is 34.0 Å². The Bertz CT molecular complexity index is 822. The molecule has 0 spiro atoms. The standard InChI is InChI=1S/C22H29F2N3O3.HI/c1-16-7-8-18(20(11-16)29-10-9-28-3)14-27-22(25-2)26-13-17-5-4-6-19(12-17)30-15-21(23)24;/h4-8,11-12,21H,9-10,13-15H2,1-3H3,(H2,25,26,27);1H. The number of alkyl halides is 2. The average molecular weight is 549 g/mol. The van der Waals surface area contributed by atoms with Crippen molar-refractivity contribution >= 4 is 29.9 Å². The van der Waals surface area contributed by atoms with Crippen LogP contribution < -0.4 is 20.1 Å². The van der Waals surface area contributed by atoms with E-state index in [1.54, 1.807) is 32.4 Å². The van der Waals surface area contributed by atoms with Crippen LogP contribution in [0.2, 0.25) is 0 Å². The first kappa shape index (κ1) is 26.9. The largest absolute Gasteiger partial charge is 0.491 e. The Balaban J connectivity index is 0.00000480. The van der Waals surface area contributed by atoms with Crippen molar-refractivity contribution in [1.82, 2.24) is 10.6 Å². The number of hydrogen-bond donors (Lipinski definition) is 2. The molecule has 0 atom stereocenters. The molecule has 0 bridgehead atoms. The summed E-state index contributed by atoms with van der Waals surface area (Å²) in [6.07, 6.45) is -2.50. The van der Waals surface area contributed by atoms with Crippen molar-refractivity contribution in [1.29, 1.82) is 0 Å². The number of halogens is 3. The number of nitrogens with one attached hydrogen (secondary N) is 2. The second-order valence-electron chi connectivity index (χ2n) is 6.58. The summed E-state index contributed by atoms with van der Waals surface area (Å²) in [5, 5.41) is 6.46. The lowest BCUT2D eigenvalue weighted by molar-refractivity contribution is 0.0818. The molecular formula is C22H30F2IN3O3. The SMILES string of the molecule is CN=C(NCc1cccc(OCC(F)F)c1)NCc1ccc(C)cc1OCCOC.I. The summed E-state index contributed by atoms with van der Waals surface area (Å²) in [4.78, 5) is 4.23. The summed E-state index contributed by atoms with van der Waals surface area (Å²) in [6, 6.07) is 13.1. The molecule has 0 unspecified atom stereocenters. The fourth-order valence-electron chi connectivity index (χ4n) is 2.67. The molecule has 9 heteroatoms. The monoisotopic (exact) mass is 549 g/mol. The van der Waals surface area contributed by atoms with E-state index in [-0.39, 0.29) is 24.0 Å². The second-order valence-corrected chi connectivity index (χ2v) is 6.58. The number of aliphatic imine (C=N–C) groups is 1. The minimum atomic E-state index is -2.50. The van der Waals surface area contributed by atoms with Crippen LogP contribution in [0.5, 0.6) is 11.5 Å². The Hall–Kier alpha value is -2.14. The highest BCUT2D eigenvalue weighted by Gasteiger charge is 2.07. The van der Waals surface area contributed by atoms with Gasteiger partial charge in [0.15, 0.2) is 5.96 Å². The van der Waals surface area contributed by atoms with Crippen molar-refractivity contribution < 1.29 is 23.0 Å². The van der Waals surface area contributed by atoms with Gasteiger partial charge in [-0.25, -0.2) is 8.78 Å². The van der Waals surface area contributed by atoms with Crippen LogP contribution in [-0.2, 0) is 17.8 Å². The molecule has 2 aromatic rings. The molecule has 0 radical (unpaired) electrons. The molecule has 0 aliphatic rings. The van der Waals surface area contributed by atoms with Crippen LogP contribution in [-0.4, -0.2) is 46.4 Å². The van der Waals surface area contributed by atoms with Crippen molar-refractivity contribution in [2.24, 2.45) is 4.99 Å². The molecule has 2 aromatic carbocycles. The zero-order valence-corrected chi connectivity index (χ0v) is 20.3. The predicted molar refractivity (Wildman–Crippen MR) is 129 cm³/mol. The molecule has 0 heterocycles. The van der Waals surface area contributed by atoms with E-state index in [4.69, 9.17) is 14.2 Å². The van der Waals surface area contributed by atoms with Crippen LogP contribution in [0.1, 0.15) is 16.7 Å². The molecule has 2 N–H and O–H groups in total. The highest BCUT2D eigenvalue weighted by atomic mass is 127. The van der Waals surface area contributed by atoms with Gasteiger partial charge < -0.3 is 24.8 Å². The number of ether oxygens (including phenoxy) is 3. The Morgan fingerprint density at radius 2 is 1.81 bits per heavy atom. The Labute approximate surface area is 199 Å². The minimum absolute atomic E-state index is 0. The number of rotatable bonds is 11.